The van der Waals surface area contributed by atoms with Gasteiger partial charge < -0.3 is 15.8 Å². The lowest BCUT2D eigenvalue weighted by molar-refractivity contribution is 0.153. The number of aryl methyl sites for hydroxylation is 1. The molecule has 1 fully saturated rings. The van der Waals surface area contributed by atoms with Crippen molar-refractivity contribution in [2.24, 2.45) is 11.6 Å². The Bertz CT molecular complexity index is 713. The van der Waals surface area contributed by atoms with Crippen LogP contribution in [0.15, 0.2) is 18.0 Å². The van der Waals surface area contributed by atoms with Gasteiger partial charge in [0, 0.05) is 13.1 Å². The molecule has 0 aromatic carbocycles. The van der Waals surface area contributed by atoms with Crippen LogP contribution >= 0.6 is 0 Å². The van der Waals surface area contributed by atoms with E-state index < -0.39 is 0 Å². The molecule has 1 unspecified atom stereocenters. The minimum atomic E-state index is -0.352. The second kappa shape index (κ2) is 10.9. The van der Waals surface area contributed by atoms with Crippen molar-refractivity contribution in [3.05, 3.63) is 29.3 Å². The smallest absolute Gasteiger partial charge is 0.320 e. The predicted molar refractivity (Wildman–Crippen MR) is 116 cm³/mol. The summed E-state index contributed by atoms with van der Waals surface area (Å²) in [5.41, 5.74) is 7.88. The summed E-state index contributed by atoms with van der Waals surface area (Å²) in [6, 6.07) is 3.39. The van der Waals surface area contributed by atoms with Gasteiger partial charge in [0.15, 0.2) is 0 Å². The van der Waals surface area contributed by atoms with Crippen molar-refractivity contribution in [3.8, 4) is 5.75 Å². The highest BCUT2D eigenvalue weighted by atomic mass is 16.5. The molecule has 8 heteroatoms. The van der Waals surface area contributed by atoms with Gasteiger partial charge in [0.2, 0.25) is 0 Å². The molecule has 0 saturated heterocycles. The van der Waals surface area contributed by atoms with Crippen LogP contribution in [0.3, 0.4) is 0 Å². The summed E-state index contributed by atoms with van der Waals surface area (Å²) in [5.74, 6) is 6.97. The van der Waals surface area contributed by atoms with E-state index in [0.717, 1.165) is 37.1 Å². The van der Waals surface area contributed by atoms with Gasteiger partial charge in [0.05, 0.1) is 17.5 Å². The van der Waals surface area contributed by atoms with Crippen LogP contribution in [0, 0.1) is 6.92 Å². The summed E-state index contributed by atoms with van der Waals surface area (Å²) in [4.78, 5) is 16.9. The van der Waals surface area contributed by atoms with E-state index >= 15 is 0 Å². The summed E-state index contributed by atoms with van der Waals surface area (Å²) in [6.45, 7) is 5.92. The zero-order chi connectivity index (χ0) is 21.4. The van der Waals surface area contributed by atoms with Crippen LogP contribution in [0.25, 0.3) is 5.70 Å². The van der Waals surface area contributed by atoms with E-state index in [1.54, 1.807) is 13.1 Å². The Morgan fingerprint density at radius 2 is 2.03 bits per heavy atom. The number of hydrogen-bond donors (Lipinski definition) is 4. The number of carbonyl (C=O) groups excluding carboxylic acids is 1. The molecule has 1 atom stereocenters. The second-order valence-corrected chi connectivity index (χ2v) is 7.82. The van der Waals surface area contributed by atoms with Crippen molar-refractivity contribution in [1.82, 2.24) is 20.6 Å². The number of nitrogens with zero attached hydrogens (tertiary/aromatic N) is 2. The van der Waals surface area contributed by atoms with Gasteiger partial charge in [0.25, 0.3) is 0 Å². The zero-order valence-corrected chi connectivity index (χ0v) is 18.1. The zero-order valence-electron chi connectivity index (χ0n) is 18.1. The summed E-state index contributed by atoms with van der Waals surface area (Å²) in [5, 5.41) is 6.89. The van der Waals surface area contributed by atoms with Gasteiger partial charge in [-0.25, -0.2) is 15.6 Å². The van der Waals surface area contributed by atoms with E-state index in [0.29, 0.717) is 17.2 Å². The number of rotatable bonds is 8. The SMILES string of the molecule is CCCC(C)NC(=O)N/C(=C(/N)c1ccc(OC2CCCCC2)c(C)n1)N(C)N. The quantitative estimate of drug-likeness (QED) is 0.391. The highest BCUT2D eigenvalue weighted by Crippen LogP contribution is 2.26. The molecule has 1 aliphatic carbocycles. The lowest BCUT2D eigenvalue weighted by Crippen LogP contribution is -2.45. The number of amides is 2. The third-order valence-electron chi connectivity index (χ3n) is 5.10. The first-order chi connectivity index (χ1) is 13.8. The third-order valence-corrected chi connectivity index (χ3v) is 5.10. The van der Waals surface area contributed by atoms with Gasteiger partial charge in [-0.3, -0.25) is 10.3 Å². The topological polar surface area (TPSA) is 119 Å². The van der Waals surface area contributed by atoms with E-state index in [9.17, 15) is 4.79 Å². The molecule has 0 aliphatic heterocycles. The minimum absolute atomic E-state index is 0.0575. The first-order valence-corrected chi connectivity index (χ1v) is 10.5. The molecule has 162 valence electrons. The van der Waals surface area contributed by atoms with Crippen LogP contribution < -0.4 is 26.9 Å². The molecule has 1 aromatic rings. The molecular formula is C21H36N6O2. The summed E-state index contributed by atoms with van der Waals surface area (Å²) >= 11 is 0. The van der Waals surface area contributed by atoms with E-state index in [1.807, 2.05) is 19.9 Å². The molecule has 2 amide bonds. The van der Waals surface area contributed by atoms with Crippen molar-refractivity contribution < 1.29 is 9.53 Å². The Balaban J connectivity index is 2.14. The Labute approximate surface area is 174 Å². The summed E-state index contributed by atoms with van der Waals surface area (Å²) in [7, 11) is 1.62. The van der Waals surface area contributed by atoms with E-state index in [1.165, 1.54) is 24.3 Å². The number of hydrazine groups is 1. The largest absolute Gasteiger partial charge is 0.489 e. The van der Waals surface area contributed by atoms with Crippen molar-refractivity contribution in [3.63, 3.8) is 0 Å². The molecule has 1 saturated carbocycles. The number of urea groups is 1. The third kappa shape index (κ3) is 6.81. The lowest BCUT2D eigenvalue weighted by atomic mass is 9.98. The van der Waals surface area contributed by atoms with E-state index in [-0.39, 0.29) is 18.2 Å². The fraction of sp³-hybridized carbons (Fsp3) is 0.619. The highest BCUT2D eigenvalue weighted by molar-refractivity contribution is 5.78. The first-order valence-electron chi connectivity index (χ1n) is 10.5. The molecular weight excluding hydrogens is 368 g/mol. The van der Waals surface area contributed by atoms with Gasteiger partial charge >= 0.3 is 6.03 Å². The number of nitrogens with one attached hydrogen (secondary N) is 2. The maximum absolute atomic E-state index is 12.3. The molecule has 0 spiro atoms. The van der Waals surface area contributed by atoms with Crippen LogP contribution in [0.1, 0.15) is 70.2 Å². The highest BCUT2D eigenvalue weighted by Gasteiger charge is 2.18. The van der Waals surface area contributed by atoms with Crippen LogP contribution in [0.4, 0.5) is 4.79 Å². The minimum Gasteiger partial charge on any atom is -0.489 e. The molecule has 1 heterocycles. The predicted octanol–water partition coefficient (Wildman–Crippen LogP) is 2.98. The number of carbonyl (C=O) groups is 1. The number of hydrogen-bond acceptors (Lipinski definition) is 6. The fourth-order valence-corrected chi connectivity index (χ4v) is 3.52. The summed E-state index contributed by atoms with van der Waals surface area (Å²) < 4.78 is 6.13. The molecule has 1 aromatic heterocycles. The summed E-state index contributed by atoms with van der Waals surface area (Å²) in [6.07, 6.45) is 8.00. The number of pyridine rings is 1. The molecule has 2 rings (SSSR count). The average molecular weight is 405 g/mol. The maximum atomic E-state index is 12.3. The first kappa shape index (κ1) is 22.8. The Kier molecular flexibility index (Phi) is 8.57. The molecule has 0 radical (unpaired) electrons. The molecule has 8 nitrogen and oxygen atoms in total. The number of aromatic nitrogens is 1. The Hall–Kier alpha value is -2.48. The van der Waals surface area contributed by atoms with E-state index in [4.69, 9.17) is 16.3 Å². The van der Waals surface area contributed by atoms with Crippen LogP contribution in [-0.2, 0) is 0 Å². The Morgan fingerprint density at radius 1 is 1.34 bits per heavy atom. The van der Waals surface area contributed by atoms with Crippen LogP contribution in [0.2, 0.25) is 0 Å². The molecule has 6 N–H and O–H groups in total. The average Bonchev–Trinajstić information content (AvgIpc) is 2.68. The number of nitrogens with two attached hydrogens (primary N) is 2. The van der Waals surface area contributed by atoms with Gasteiger partial charge in [-0.05, 0) is 58.1 Å². The Morgan fingerprint density at radius 3 is 2.62 bits per heavy atom. The van der Waals surface area contributed by atoms with Gasteiger partial charge in [-0.15, -0.1) is 0 Å². The monoisotopic (exact) mass is 404 g/mol. The van der Waals surface area contributed by atoms with Gasteiger partial charge in [0.1, 0.15) is 17.3 Å². The van der Waals surface area contributed by atoms with Crippen LogP contribution in [-0.4, -0.2) is 35.2 Å². The van der Waals surface area contributed by atoms with Crippen molar-refractivity contribution in [2.45, 2.75) is 77.9 Å². The van der Waals surface area contributed by atoms with E-state index in [2.05, 4.69) is 22.5 Å². The fourth-order valence-electron chi connectivity index (χ4n) is 3.52. The molecule has 0 bridgehead atoms. The maximum Gasteiger partial charge on any atom is 0.320 e. The normalized spacial score (nSPS) is 16.6. The van der Waals surface area contributed by atoms with Crippen LogP contribution in [0.5, 0.6) is 5.75 Å². The van der Waals surface area contributed by atoms with Crippen molar-refractivity contribution >= 4 is 11.7 Å². The molecule has 1 aliphatic rings. The molecule has 29 heavy (non-hydrogen) atoms. The lowest BCUT2D eigenvalue weighted by Gasteiger charge is -2.24. The van der Waals surface area contributed by atoms with Crippen molar-refractivity contribution in [1.29, 1.82) is 0 Å². The standard InChI is InChI=1S/C21H36N6O2/c1-5-9-14(2)24-21(28)26-20(27(4)23)19(22)17-12-13-18(15(3)25-17)29-16-10-7-6-8-11-16/h12-14,16H,5-11,22-23H2,1-4H3,(H2,24,26,28)/b20-19-. The number of ether oxygens (including phenoxy) is 1. The second-order valence-electron chi connectivity index (χ2n) is 7.82. The van der Waals surface area contributed by atoms with Gasteiger partial charge in [-0.2, -0.15) is 0 Å². The van der Waals surface area contributed by atoms with Gasteiger partial charge in [-0.1, -0.05) is 19.8 Å². The van der Waals surface area contributed by atoms with Crippen molar-refractivity contribution in [2.75, 3.05) is 7.05 Å².